The number of anilines is 1. The molecular formula is C28H34N4O2. The molecule has 0 aliphatic carbocycles. The van der Waals surface area contributed by atoms with Gasteiger partial charge in [0.2, 0.25) is 5.91 Å². The maximum atomic E-state index is 13.6. The van der Waals surface area contributed by atoms with Crippen molar-refractivity contribution in [1.82, 2.24) is 14.4 Å². The highest BCUT2D eigenvalue weighted by Crippen LogP contribution is 2.32. The quantitative estimate of drug-likeness (QED) is 0.531. The summed E-state index contributed by atoms with van der Waals surface area (Å²) < 4.78 is 2.20. The number of fused-ring (bicyclic) bond motifs is 1. The van der Waals surface area contributed by atoms with E-state index in [1.165, 1.54) is 5.56 Å². The van der Waals surface area contributed by atoms with E-state index in [9.17, 15) is 9.59 Å². The Morgan fingerprint density at radius 1 is 0.941 bits per heavy atom. The van der Waals surface area contributed by atoms with Crippen molar-refractivity contribution < 1.29 is 9.59 Å². The van der Waals surface area contributed by atoms with Gasteiger partial charge in [0.1, 0.15) is 6.54 Å². The molecule has 178 valence electrons. The van der Waals surface area contributed by atoms with E-state index >= 15 is 0 Å². The lowest BCUT2D eigenvalue weighted by Crippen LogP contribution is -2.50. The SMILES string of the molecule is CC(C)c1ccc(NC(=O)N(CC(=O)N2CCn3cccc3C2c2ccccc2)C(C)C)cc1. The van der Waals surface area contributed by atoms with Crippen molar-refractivity contribution in [2.75, 3.05) is 18.4 Å². The molecule has 6 nitrogen and oxygen atoms in total. The summed E-state index contributed by atoms with van der Waals surface area (Å²) in [4.78, 5) is 30.3. The number of carbonyl (C=O) groups is 2. The van der Waals surface area contributed by atoms with Crippen LogP contribution in [0.5, 0.6) is 0 Å². The number of aromatic nitrogens is 1. The molecule has 0 saturated heterocycles. The molecule has 1 aromatic heterocycles. The van der Waals surface area contributed by atoms with Crippen molar-refractivity contribution in [3.8, 4) is 0 Å². The first-order valence-electron chi connectivity index (χ1n) is 12.0. The van der Waals surface area contributed by atoms with Gasteiger partial charge in [-0.2, -0.15) is 0 Å². The van der Waals surface area contributed by atoms with Crippen LogP contribution in [-0.2, 0) is 11.3 Å². The highest BCUT2D eigenvalue weighted by atomic mass is 16.2. The molecule has 0 fully saturated rings. The van der Waals surface area contributed by atoms with E-state index in [1.807, 2.05) is 67.3 Å². The van der Waals surface area contributed by atoms with Crippen LogP contribution in [0.1, 0.15) is 56.5 Å². The predicted octanol–water partition coefficient (Wildman–Crippen LogP) is 5.49. The van der Waals surface area contributed by atoms with Crippen molar-refractivity contribution in [2.24, 2.45) is 0 Å². The molecule has 0 saturated carbocycles. The number of urea groups is 1. The molecule has 3 aromatic rings. The fraction of sp³-hybridized carbons (Fsp3) is 0.357. The Hall–Kier alpha value is -3.54. The first-order valence-corrected chi connectivity index (χ1v) is 12.0. The predicted molar refractivity (Wildman–Crippen MR) is 136 cm³/mol. The lowest BCUT2D eigenvalue weighted by molar-refractivity contribution is -0.134. The molecule has 0 radical (unpaired) electrons. The molecule has 0 spiro atoms. The van der Waals surface area contributed by atoms with Crippen LogP contribution in [0, 0.1) is 0 Å². The molecule has 1 atom stereocenters. The molecule has 1 aliphatic heterocycles. The van der Waals surface area contributed by atoms with Crippen LogP contribution in [0.4, 0.5) is 10.5 Å². The second kappa shape index (κ2) is 10.2. The van der Waals surface area contributed by atoms with Crippen LogP contribution >= 0.6 is 0 Å². The highest BCUT2D eigenvalue weighted by Gasteiger charge is 2.33. The van der Waals surface area contributed by atoms with E-state index in [4.69, 9.17) is 0 Å². The summed E-state index contributed by atoms with van der Waals surface area (Å²) in [6.07, 6.45) is 2.06. The molecule has 0 bridgehead atoms. The van der Waals surface area contributed by atoms with Crippen molar-refractivity contribution >= 4 is 17.6 Å². The van der Waals surface area contributed by atoms with Gasteiger partial charge in [-0.1, -0.05) is 56.3 Å². The molecule has 3 amide bonds. The van der Waals surface area contributed by atoms with Crippen molar-refractivity contribution in [2.45, 2.75) is 52.2 Å². The highest BCUT2D eigenvalue weighted by molar-refractivity contribution is 5.92. The normalized spacial score (nSPS) is 15.4. The third kappa shape index (κ3) is 5.01. The van der Waals surface area contributed by atoms with E-state index in [2.05, 4.69) is 48.1 Å². The summed E-state index contributed by atoms with van der Waals surface area (Å²) in [5.74, 6) is 0.373. The maximum absolute atomic E-state index is 13.6. The number of benzene rings is 2. The van der Waals surface area contributed by atoms with Gasteiger partial charge in [0, 0.05) is 36.7 Å². The molecule has 1 N–H and O–H groups in total. The van der Waals surface area contributed by atoms with Crippen LogP contribution in [0.25, 0.3) is 0 Å². The zero-order chi connectivity index (χ0) is 24.2. The summed E-state index contributed by atoms with van der Waals surface area (Å²) in [6.45, 7) is 9.52. The molecular weight excluding hydrogens is 424 g/mol. The number of hydrogen-bond acceptors (Lipinski definition) is 2. The average Bonchev–Trinajstić information content (AvgIpc) is 3.31. The summed E-state index contributed by atoms with van der Waals surface area (Å²) in [5, 5.41) is 2.96. The molecule has 34 heavy (non-hydrogen) atoms. The van der Waals surface area contributed by atoms with Crippen molar-refractivity contribution in [3.05, 3.63) is 89.7 Å². The Morgan fingerprint density at radius 3 is 2.29 bits per heavy atom. The van der Waals surface area contributed by atoms with Crippen LogP contribution in [0.15, 0.2) is 72.9 Å². The summed E-state index contributed by atoms with van der Waals surface area (Å²) in [5.41, 5.74) is 4.11. The van der Waals surface area contributed by atoms with Gasteiger partial charge >= 0.3 is 6.03 Å². The third-order valence-electron chi connectivity index (χ3n) is 6.49. The van der Waals surface area contributed by atoms with Crippen molar-refractivity contribution in [1.29, 1.82) is 0 Å². The van der Waals surface area contributed by atoms with Gasteiger partial charge in [-0.25, -0.2) is 4.79 Å². The second-order valence-corrected chi connectivity index (χ2v) is 9.46. The number of rotatable bonds is 6. The third-order valence-corrected chi connectivity index (χ3v) is 6.49. The number of hydrogen-bond donors (Lipinski definition) is 1. The van der Waals surface area contributed by atoms with Crippen LogP contribution in [-0.4, -0.2) is 45.4 Å². The molecule has 4 rings (SSSR count). The minimum absolute atomic E-state index is 0.0254. The van der Waals surface area contributed by atoms with Gasteiger partial charge < -0.3 is 19.7 Å². The number of nitrogens with zero attached hydrogens (tertiary/aromatic N) is 3. The summed E-state index contributed by atoms with van der Waals surface area (Å²) in [7, 11) is 0. The van der Waals surface area contributed by atoms with E-state index in [0.29, 0.717) is 12.5 Å². The van der Waals surface area contributed by atoms with E-state index < -0.39 is 0 Å². The first kappa shape index (κ1) is 23.6. The van der Waals surface area contributed by atoms with Gasteiger partial charge in [0.15, 0.2) is 0 Å². The van der Waals surface area contributed by atoms with Crippen LogP contribution in [0.2, 0.25) is 0 Å². The molecule has 2 aromatic carbocycles. The average molecular weight is 459 g/mol. The number of nitrogens with one attached hydrogen (secondary N) is 1. The number of carbonyl (C=O) groups excluding carboxylic acids is 2. The number of amides is 3. The Bertz CT molecular complexity index is 1120. The largest absolute Gasteiger partial charge is 0.348 e. The maximum Gasteiger partial charge on any atom is 0.322 e. The minimum Gasteiger partial charge on any atom is -0.348 e. The second-order valence-electron chi connectivity index (χ2n) is 9.46. The Kier molecular flexibility index (Phi) is 7.06. The Labute approximate surface area is 202 Å². The minimum atomic E-state index is -0.266. The lowest BCUT2D eigenvalue weighted by Gasteiger charge is -2.39. The Balaban J connectivity index is 1.52. The lowest BCUT2D eigenvalue weighted by atomic mass is 10.00. The molecule has 1 unspecified atom stereocenters. The van der Waals surface area contributed by atoms with Crippen molar-refractivity contribution in [3.63, 3.8) is 0 Å². The van der Waals surface area contributed by atoms with Gasteiger partial charge in [0.05, 0.1) is 6.04 Å². The first-order chi connectivity index (χ1) is 16.3. The zero-order valence-corrected chi connectivity index (χ0v) is 20.4. The van der Waals surface area contributed by atoms with E-state index in [1.54, 1.807) is 4.90 Å². The smallest absolute Gasteiger partial charge is 0.322 e. The van der Waals surface area contributed by atoms with E-state index in [-0.39, 0.29) is 30.6 Å². The molecule has 2 heterocycles. The van der Waals surface area contributed by atoms with Gasteiger partial charge in [0.25, 0.3) is 0 Å². The van der Waals surface area contributed by atoms with Gasteiger partial charge in [-0.05, 0) is 55.2 Å². The van der Waals surface area contributed by atoms with Crippen LogP contribution < -0.4 is 5.32 Å². The fourth-order valence-electron chi connectivity index (χ4n) is 4.51. The zero-order valence-electron chi connectivity index (χ0n) is 20.4. The van der Waals surface area contributed by atoms with Gasteiger partial charge in [-0.15, -0.1) is 0 Å². The Morgan fingerprint density at radius 2 is 1.65 bits per heavy atom. The molecule has 6 heteroatoms. The van der Waals surface area contributed by atoms with Crippen LogP contribution in [0.3, 0.4) is 0 Å². The summed E-state index contributed by atoms with van der Waals surface area (Å²) in [6, 6.07) is 21.5. The molecule has 1 aliphatic rings. The topological polar surface area (TPSA) is 57.6 Å². The monoisotopic (exact) mass is 458 g/mol. The van der Waals surface area contributed by atoms with Gasteiger partial charge in [-0.3, -0.25) is 4.79 Å². The van der Waals surface area contributed by atoms with E-state index in [0.717, 1.165) is 23.5 Å². The summed E-state index contributed by atoms with van der Waals surface area (Å²) >= 11 is 0. The fourth-order valence-corrected chi connectivity index (χ4v) is 4.51. The standard InChI is InChI=1S/C28H34N4O2/c1-20(2)22-12-14-24(15-13-22)29-28(34)32(21(3)4)19-26(33)31-18-17-30-16-8-11-25(30)27(31)23-9-6-5-7-10-23/h5-16,20-21,27H,17-19H2,1-4H3,(H,29,34).